The van der Waals surface area contributed by atoms with Gasteiger partial charge < -0.3 is 14.7 Å². The maximum atomic E-state index is 14.3. The molecule has 3 aliphatic carbocycles. The topological polar surface area (TPSA) is 89.4 Å². The average molecular weight is 648 g/mol. The van der Waals surface area contributed by atoms with Crippen LogP contribution in [0.5, 0.6) is 0 Å². The first kappa shape index (κ1) is 34.2. The first-order valence-electron chi connectivity index (χ1n) is 18.2. The van der Waals surface area contributed by atoms with Crippen molar-refractivity contribution in [2.75, 3.05) is 21.1 Å². The molecule has 1 aliphatic heterocycles. The summed E-state index contributed by atoms with van der Waals surface area (Å²) in [6.45, 7) is 10.00. The van der Waals surface area contributed by atoms with Crippen molar-refractivity contribution in [3.63, 3.8) is 0 Å². The first-order valence-corrected chi connectivity index (χ1v) is 18.2. The lowest BCUT2D eigenvalue weighted by Crippen LogP contribution is -2.39. The van der Waals surface area contributed by atoms with E-state index < -0.39 is 11.7 Å². The second-order valence-electron chi connectivity index (χ2n) is 17.4. The van der Waals surface area contributed by atoms with Gasteiger partial charge in [-0.1, -0.05) is 50.5 Å². The molecule has 0 bridgehead atoms. The van der Waals surface area contributed by atoms with E-state index in [0.29, 0.717) is 42.8 Å². The number of benzene rings is 1. The number of nitrogens with zero attached hydrogens (tertiary/aromatic N) is 4. The van der Waals surface area contributed by atoms with Gasteiger partial charge in [0.25, 0.3) is 0 Å². The molecule has 0 spiro atoms. The fourth-order valence-electron chi connectivity index (χ4n) is 9.91. The Hall–Kier alpha value is -2.68. The van der Waals surface area contributed by atoms with Gasteiger partial charge in [-0.15, -0.1) is 0 Å². The number of rotatable bonds is 9. The summed E-state index contributed by atoms with van der Waals surface area (Å²) in [4.78, 5) is 28.3. The number of aromatic nitrogens is 3. The van der Waals surface area contributed by atoms with Gasteiger partial charge in [0.2, 0.25) is 0 Å². The summed E-state index contributed by atoms with van der Waals surface area (Å²) in [5.74, 6) is 1.70. The zero-order valence-corrected chi connectivity index (χ0v) is 30.0. The molecule has 0 saturated heterocycles. The highest BCUT2D eigenvalue weighted by molar-refractivity contribution is 5.36. The highest BCUT2D eigenvalue weighted by atomic mass is 16.3. The Morgan fingerprint density at radius 3 is 2.47 bits per heavy atom. The molecule has 258 valence electrons. The Bertz CT molecular complexity index is 1640. The Kier molecular flexibility index (Phi) is 9.20. The van der Waals surface area contributed by atoms with E-state index in [1.165, 1.54) is 28.6 Å². The van der Waals surface area contributed by atoms with E-state index in [4.69, 9.17) is 0 Å². The van der Waals surface area contributed by atoms with Crippen molar-refractivity contribution in [3.8, 4) is 5.69 Å². The molecular weight excluding hydrogens is 588 g/mol. The minimum atomic E-state index is -0.615. The van der Waals surface area contributed by atoms with E-state index in [0.717, 1.165) is 67.1 Å². The van der Waals surface area contributed by atoms with E-state index in [-0.39, 0.29) is 22.8 Å². The van der Waals surface area contributed by atoms with Crippen LogP contribution in [-0.2, 0) is 13.1 Å². The summed E-state index contributed by atoms with van der Waals surface area (Å²) in [6.07, 6.45) is 12.7. The van der Waals surface area contributed by atoms with Crippen LogP contribution in [0.15, 0.2) is 56.6 Å². The molecule has 4 aliphatic rings. The lowest BCUT2D eigenvalue weighted by Gasteiger charge is -2.45. The lowest BCUT2D eigenvalue weighted by atomic mass is 9.60. The fourth-order valence-corrected chi connectivity index (χ4v) is 9.91. The molecule has 8 nitrogen and oxygen atoms in total. The Labute approximate surface area is 281 Å². The van der Waals surface area contributed by atoms with Gasteiger partial charge in [-0.3, -0.25) is 0 Å². The van der Waals surface area contributed by atoms with Gasteiger partial charge in [-0.2, -0.15) is 0 Å². The molecule has 6 rings (SSSR count). The van der Waals surface area contributed by atoms with Crippen LogP contribution in [0.1, 0.15) is 110 Å². The maximum Gasteiger partial charge on any atom is 0.352 e. The van der Waals surface area contributed by atoms with Crippen molar-refractivity contribution in [3.05, 3.63) is 73.6 Å². The zero-order valence-electron chi connectivity index (χ0n) is 30.0. The normalized spacial score (nSPS) is 29.5. The van der Waals surface area contributed by atoms with Crippen molar-refractivity contribution >= 4 is 0 Å². The van der Waals surface area contributed by atoms with Crippen molar-refractivity contribution in [1.29, 1.82) is 0 Å². The van der Waals surface area contributed by atoms with Crippen molar-refractivity contribution in [2.45, 2.75) is 129 Å². The quantitative estimate of drug-likeness (QED) is 0.254. The molecule has 47 heavy (non-hydrogen) atoms. The largest absolute Gasteiger partial charge is 0.393 e. The van der Waals surface area contributed by atoms with E-state index in [2.05, 4.69) is 41.1 Å². The summed E-state index contributed by atoms with van der Waals surface area (Å²) in [6, 6.07) is 7.50. The van der Waals surface area contributed by atoms with Gasteiger partial charge in [-0.25, -0.2) is 23.5 Å². The smallest absolute Gasteiger partial charge is 0.352 e. The second kappa shape index (κ2) is 12.6. The zero-order chi connectivity index (χ0) is 33.9. The number of hydrogen-bond acceptors (Lipinski definition) is 4. The third-order valence-corrected chi connectivity index (χ3v) is 12.1. The highest BCUT2D eigenvalue weighted by Crippen LogP contribution is 2.60. The summed E-state index contributed by atoms with van der Waals surface area (Å²) < 4.78 is 5.53. The average Bonchev–Trinajstić information content (AvgIpc) is 3.46. The maximum absolute atomic E-state index is 14.3. The third-order valence-electron chi connectivity index (χ3n) is 12.1. The lowest BCUT2D eigenvalue weighted by molar-refractivity contribution is -0.884. The van der Waals surface area contributed by atoms with Crippen LogP contribution < -0.4 is 11.4 Å². The van der Waals surface area contributed by atoms with Crippen molar-refractivity contribution in [2.24, 2.45) is 23.2 Å². The Morgan fingerprint density at radius 2 is 1.79 bits per heavy atom. The molecule has 2 fully saturated rings. The highest BCUT2D eigenvalue weighted by Gasteiger charge is 2.51. The van der Waals surface area contributed by atoms with Gasteiger partial charge in [0.15, 0.2) is 0 Å². The molecule has 2 heterocycles. The second-order valence-corrected chi connectivity index (χ2v) is 17.4. The molecule has 2 saturated carbocycles. The summed E-state index contributed by atoms with van der Waals surface area (Å²) in [5.41, 5.74) is 4.55. The number of aliphatic hydroxyl groups is 2. The molecular formula is C39H59N4O4+. The molecule has 0 radical (unpaired) electrons. The number of fused-ring (bicyclic) bond motifs is 2. The fraction of sp³-hybridized carbons (Fsp3) is 0.692. The van der Waals surface area contributed by atoms with E-state index in [9.17, 15) is 19.8 Å². The predicted octanol–water partition coefficient (Wildman–Crippen LogP) is 6.12. The van der Waals surface area contributed by atoms with E-state index in [1.54, 1.807) is 9.36 Å². The van der Waals surface area contributed by atoms with E-state index in [1.807, 2.05) is 38.1 Å². The predicted molar refractivity (Wildman–Crippen MR) is 188 cm³/mol. The van der Waals surface area contributed by atoms with Gasteiger partial charge in [0.05, 0.1) is 51.1 Å². The van der Waals surface area contributed by atoms with Crippen molar-refractivity contribution in [1.82, 2.24) is 13.9 Å². The standard InChI is InChI=1S/C39H59N4O4/c1-26(10-8-20-38(2,3)47)33-18-19-34-28(11-9-21-39(33,34)4)22-35-32-23-31(44)17-14-29(32)24-40-36(45)41(37(46)42(35)40)30-15-12-27(13-16-30)25-43(5,6)7/h12-13,15-16,22,26,31,33-35,44,47H,8-11,14,17-21,23-25H2,1-7H3/q+1/b28-22+/t26?,31-,33+,34-,35-,39+/m0/s1. The number of quaternary nitrogens is 1. The van der Waals surface area contributed by atoms with Gasteiger partial charge in [0.1, 0.15) is 6.54 Å². The number of aliphatic hydroxyl groups excluding tert-OH is 1. The molecule has 8 heteroatoms. The van der Waals surface area contributed by atoms with Gasteiger partial charge >= 0.3 is 11.4 Å². The number of allylic oxidation sites excluding steroid dienone is 3. The van der Waals surface area contributed by atoms with E-state index >= 15 is 0 Å². The third kappa shape index (κ3) is 6.80. The molecule has 6 atom stereocenters. The molecule has 2 aromatic rings. The van der Waals surface area contributed by atoms with Crippen LogP contribution in [0.4, 0.5) is 0 Å². The SMILES string of the molecule is CC(CCCC(C)(C)O)[C@H]1CC[C@H]2/C(=C/[C@H]3C4=C(CC[C@H](O)C4)Cn4c(=O)n(-c5ccc(C[N+](C)(C)C)cc5)c(=O)n43)CCC[C@]12C. The van der Waals surface area contributed by atoms with Crippen LogP contribution in [-0.4, -0.2) is 61.5 Å². The Morgan fingerprint density at radius 1 is 1.06 bits per heavy atom. The Balaban J connectivity index is 1.35. The minimum absolute atomic E-state index is 0.209. The van der Waals surface area contributed by atoms with Crippen molar-refractivity contribution < 1.29 is 14.7 Å². The van der Waals surface area contributed by atoms with Gasteiger partial charge in [0, 0.05) is 5.56 Å². The van der Waals surface area contributed by atoms with Crippen LogP contribution in [0.25, 0.3) is 5.69 Å². The molecule has 0 amide bonds. The molecule has 1 aromatic heterocycles. The molecule has 2 N–H and O–H groups in total. The first-order chi connectivity index (χ1) is 22.1. The number of hydrogen-bond donors (Lipinski definition) is 2. The molecule has 1 unspecified atom stereocenters. The summed E-state index contributed by atoms with van der Waals surface area (Å²) in [7, 11) is 6.44. The van der Waals surface area contributed by atoms with Crippen LogP contribution in [0.3, 0.4) is 0 Å². The summed E-state index contributed by atoms with van der Waals surface area (Å²) >= 11 is 0. The monoisotopic (exact) mass is 647 g/mol. The minimum Gasteiger partial charge on any atom is -0.393 e. The summed E-state index contributed by atoms with van der Waals surface area (Å²) in [5, 5.41) is 21.1. The van der Waals surface area contributed by atoms with Crippen LogP contribution in [0, 0.1) is 23.2 Å². The van der Waals surface area contributed by atoms with Crippen LogP contribution in [0.2, 0.25) is 0 Å². The molecule has 1 aromatic carbocycles. The van der Waals surface area contributed by atoms with Gasteiger partial charge in [-0.05, 0) is 118 Å². The van der Waals surface area contributed by atoms with Crippen LogP contribution >= 0.6 is 0 Å².